The van der Waals surface area contributed by atoms with Gasteiger partial charge in [-0.05, 0) is 11.5 Å². The van der Waals surface area contributed by atoms with E-state index < -0.39 is 16.4 Å². The van der Waals surface area contributed by atoms with E-state index in [0.717, 1.165) is 5.39 Å². The standard InChI is InChI=1S/C10H7NO2.H2O4S/c12-10(13)9-8-4-2-1-3-7(8)5-6-11-9;1-5(2,3)4/h1-6H,(H,12,13);(H2,1,2,3,4). The highest BCUT2D eigenvalue weighted by molar-refractivity contribution is 7.79. The first-order valence-electron chi connectivity index (χ1n) is 4.56. The van der Waals surface area contributed by atoms with Crippen LogP contribution in [0.2, 0.25) is 0 Å². The van der Waals surface area contributed by atoms with Crippen molar-refractivity contribution in [3.05, 3.63) is 42.2 Å². The summed E-state index contributed by atoms with van der Waals surface area (Å²) in [6.45, 7) is 0. The monoisotopic (exact) mass is 271 g/mol. The van der Waals surface area contributed by atoms with Crippen LogP contribution in [-0.4, -0.2) is 33.6 Å². The van der Waals surface area contributed by atoms with E-state index in [1.165, 1.54) is 6.20 Å². The zero-order valence-corrected chi connectivity index (χ0v) is 9.70. The highest BCUT2D eigenvalue weighted by atomic mass is 32.3. The van der Waals surface area contributed by atoms with Gasteiger partial charge in [0.15, 0.2) is 5.69 Å². The highest BCUT2D eigenvalue weighted by Gasteiger charge is 2.07. The molecule has 8 heteroatoms. The Morgan fingerprint density at radius 2 is 1.67 bits per heavy atom. The summed E-state index contributed by atoms with van der Waals surface area (Å²) < 4.78 is 31.6. The molecular weight excluding hydrogens is 262 g/mol. The molecule has 0 saturated heterocycles. The number of nitrogens with zero attached hydrogens (tertiary/aromatic N) is 1. The van der Waals surface area contributed by atoms with Gasteiger partial charge in [0, 0.05) is 11.6 Å². The molecule has 18 heavy (non-hydrogen) atoms. The lowest BCUT2D eigenvalue weighted by Crippen LogP contribution is -2.00. The lowest BCUT2D eigenvalue weighted by Gasteiger charge is -1.99. The van der Waals surface area contributed by atoms with Crippen LogP contribution in [0.1, 0.15) is 10.5 Å². The zero-order chi connectivity index (χ0) is 13.8. The van der Waals surface area contributed by atoms with Crippen LogP contribution in [-0.2, 0) is 10.4 Å². The molecule has 0 aliphatic heterocycles. The van der Waals surface area contributed by atoms with E-state index in [2.05, 4.69) is 4.98 Å². The number of carboxylic acid groups (broad SMARTS) is 1. The van der Waals surface area contributed by atoms with Gasteiger partial charge in [-0.1, -0.05) is 24.3 Å². The molecule has 0 fully saturated rings. The van der Waals surface area contributed by atoms with Crippen LogP contribution in [0.25, 0.3) is 10.8 Å². The van der Waals surface area contributed by atoms with Crippen molar-refractivity contribution in [1.82, 2.24) is 4.98 Å². The predicted molar refractivity (Wildman–Crippen MR) is 62.9 cm³/mol. The summed E-state index contributed by atoms with van der Waals surface area (Å²) in [5.41, 5.74) is 0.109. The molecule has 0 atom stereocenters. The minimum Gasteiger partial charge on any atom is -0.476 e. The van der Waals surface area contributed by atoms with E-state index in [1.807, 2.05) is 12.1 Å². The Bertz CT molecular complexity index is 654. The maximum atomic E-state index is 10.8. The van der Waals surface area contributed by atoms with Crippen LogP contribution in [0.4, 0.5) is 0 Å². The Hall–Kier alpha value is -2.03. The Morgan fingerprint density at radius 3 is 2.22 bits per heavy atom. The van der Waals surface area contributed by atoms with Crippen molar-refractivity contribution >= 4 is 27.1 Å². The van der Waals surface area contributed by atoms with Crippen LogP contribution in [0, 0.1) is 0 Å². The van der Waals surface area contributed by atoms with Gasteiger partial charge in [0.05, 0.1) is 0 Å². The fourth-order valence-corrected chi connectivity index (χ4v) is 1.29. The maximum Gasteiger partial charge on any atom is 0.394 e. The van der Waals surface area contributed by atoms with Gasteiger partial charge in [-0.25, -0.2) is 9.78 Å². The van der Waals surface area contributed by atoms with E-state index in [0.29, 0.717) is 5.39 Å². The van der Waals surface area contributed by atoms with Crippen LogP contribution in [0.3, 0.4) is 0 Å². The van der Waals surface area contributed by atoms with E-state index in [1.54, 1.807) is 18.2 Å². The molecule has 0 bridgehead atoms. The molecule has 1 aromatic carbocycles. The van der Waals surface area contributed by atoms with Crippen molar-refractivity contribution in [1.29, 1.82) is 0 Å². The predicted octanol–water partition coefficient (Wildman–Crippen LogP) is 1.28. The van der Waals surface area contributed by atoms with Crippen molar-refractivity contribution < 1.29 is 27.4 Å². The van der Waals surface area contributed by atoms with Crippen LogP contribution in [0.5, 0.6) is 0 Å². The Balaban J connectivity index is 0.000000280. The zero-order valence-electron chi connectivity index (χ0n) is 8.89. The quantitative estimate of drug-likeness (QED) is 0.667. The second-order valence-electron chi connectivity index (χ2n) is 3.13. The summed E-state index contributed by atoms with van der Waals surface area (Å²) >= 11 is 0. The number of rotatable bonds is 1. The van der Waals surface area contributed by atoms with Crippen molar-refractivity contribution in [3.63, 3.8) is 0 Å². The summed E-state index contributed by atoms with van der Waals surface area (Å²) in [5.74, 6) is -0.989. The van der Waals surface area contributed by atoms with Gasteiger partial charge >= 0.3 is 16.4 Å². The second kappa shape index (κ2) is 5.54. The third-order valence-electron chi connectivity index (χ3n) is 1.88. The Kier molecular flexibility index (Phi) is 4.32. The van der Waals surface area contributed by atoms with Gasteiger partial charge in [0.1, 0.15) is 0 Å². The van der Waals surface area contributed by atoms with Gasteiger partial charge in [-0.15, -0.1) is 0 Å². The lowest BCUT2D eigenvalue weighted by atomic mass is 10.1. The summed E-state index contributed by atoms with van der Waals surface area (Å²) in [6.07, 6.45) is 1.51. The maximum absolute atomic E-state index is 10.8. The van der Waals surface area contributed by atoms with E-state index >= 15 is 0 Å². The average Bonchev–Trinajstić information content (AvgIpc) is 2.26. The number of carbonyl (C=O) groups is 1. The number of benzene rings is 1. The Morgan fingerprint density at radius 1 is 1.11 bits per heavy atom. The molecule has 0 amide bonds. The van der Waals surface area contributed by atoms with Crippen molar-refractivity contribution in [2.45, 2.75) is 0 Å². The van der Waals surface area contributed by atoms with Gasteiger partial charge in [-0.2, -0.15) is 8.42 Å². The largest absolute Gasteiger partial charge is 0.476 e. The molecule has 3 N–H and O–H groups in total. The van der Waals surface area contributed by atoms with Crippen LogP contribution in [0.15, 0.2) is 36.5 Å². The molecule has 1 heterocycles. The summed E-state index contributed by atoms with van der Waals surface area (Å²) in [5, 5.41) is 10.4. The molecule has 0 aliphatic rings. The minimum atomic E-state index is -4.67. The molecule has 0 unspecified atom stereocenters. The minimum absolute atomic E-state index is 0.109. The summed E-state index contributed by atoms with van der Waals surface area (Å²) in [6, 6.07) is 9.08. The second-order valence-corrected chi connectivity index (χ2v) is 4.03. The van der Waals surface area contributed by atoms with Crippen molar-refractivity contribution in [2.75, 3.05) is 0 Å². The number of hydrogen-bond donors (Lipinski definition) is 3. The van der Waals surface area contributed by atoms with Gasteiger partial charge in [-0.3, -0.25) is 9.11 Å². The van der Waals surface area contributed by atoms with Crippen LogP contribution >= 0.6 is 0 Å². The summed E-state index contributed by atoms with van der Waals surface area (Å²) in [7, 11) is -4.67. The third kappa shape index (κ3) is 4.45. The molecule has 2 aromatic rings. The lowest BCUT2D eigenvalue weighted by molar-refractivity contribution is 0.0693. The molecule has 0 radical (unpaired) electrons. The molecule has 96 valence electrons. The van der Waals surface area contributed by atoms with E-state index in [9.17, 15) is 4.79 Å². The normalized spacial score (nSPS) is 10.6. The van der Waals surface area contributed by atoms with E-state index in [-0.39, 0.29) is 5.69 Å². The number of fused-ring (bicyclic) bond motifs is 1. The highest BCUT2D eigenvalue weighted by Crippen LogP contribution is 2.15. The van der Waals surface area contributed by atoms with Crippen molar-refractivity contribution in [2.24, 2.45) is 0 Å². The first kappa shape index (κ1) is 14.0. The molecule has 2 rings (SSSR count). The number of aromatic carboxylic acids is 1. The van der Waals surface area contributed by atoms with Crippen LogP contribution < -0.4 is 0 Å². The molecule has 1 aromatic heterocycles. The average molecular weight is 271 g/mol. The first-order chi connectivity index (χ1) is 8.29. The van der Waals surface area contributed by atoms with E-state index in [4.69, 9.17) is 22.6 Å². The molecule has 0 aliphatic carbocycles. The Labute approximate surface area is 102 Å². The SMILES string of the molecule is O=C(O)c1nccc2ccccc12.O=S(=O)(O)O. The van der Waals surface area contributed by atoms with Crippen molar-refractivity contribution in [3.8, 4) is 0 Å². The molecule has 0 spiro atoms. The van der Waals surface area contributed by atoms with Gasteiger partial charge in [0.25, 0.3) is 0 Å². The fraction of sp³-hybridized carbons (Fsp3) is 0. The molecule has 7 nitrogen and oxygen atoms in total. The third-order valence-corrected chi connectivity index (χ3v) is 1.88. The molecular formula is C10H9NO6S. The first-order valence-corrected chi connectivity index (χ1v) is 5.95. The topological polar surface area (TPSA) is 125 Å². The summed E-state index contributed by atoms with van der Waals surface area (Å²) in [4.78, 5) is 14.6. The smallest absolute Gasteiger partial charge is 0.394 e. The number of pyridine rings is 1. The van der Waals surface area contributed by atoms with Gasteiger partial charge in [0.2, 0.25) is 0 Å². The number of carboxylic acids is 1. The molecule has 0 saturated carbocycles. The fourth-order valence-electron chi connectivity index (χ4n) is 1.29. The number of aromatic nitrogens is 1. The van der Waals surface area contributed by atoms with Gasteiger partial charge < -0.3 is 5.11 Å². The number of hydrogen-bond acceptors (Lipinski definition) is 4.